The third-order valence-electron chi connectivity index (χ3n) is 3.21. The lowest BCUT2D eigenvalue weighted by Gasteiger charge is -2.34. The predicted molar refractivity (Wildman–Crippen MR) is 63.4 cm³/mol. The average Bonchev–Trinajstić information content (AvgIpc) is 2.27. The molecule has 0 aromatic rings. The number of hydrogen-bond donors (Lipinski definition) is 0. The Morgan fingerprint density at radius 1 is 1.21 bits per heavy atom. The molecule has 14 heavy (non-hydrogen) atoms. The van der Waals surface area contributed by atoms with Gasteiger partial charge in [0.05, 0.1) is 0 Å². The molecule has 0 heterocycles. The van der Waals surface area contributed by atoms with Gasteiger partial charge in [-0.2, -0.15) is 0 Å². The van der Waals surface area contributed by atoms with E-state index in [0.29, 0.717) is 0 Å². The molecule has 1 aliphatic rings. The van der Waals surface area contributed by atoms with Gasteiger partial charge in [-0.3, -0.25) is 0 Å². The molecule has 0 spiro atoms. The molecule has 0 aromatic heterocycles. The van der Waals surface area contributed by atoms with Gasteiger partial charge in [-0.05, 0) is 31.8 Å². The predicted octanol–water partition coefficient (Wildman–Crippen LogP) is 3.24. The van der Waals surface area contributed by atoms with Gasteiger partial charge in [-0.1, -0.05) is 45.1 Å². The zero-order valence-corrected chi connectivity index (χ0v) is 9.74. The molecule has 1 heteroatoms. The molecule has 2 unspecified atom stereocenters. The minimum absolute atomic E-state index is 0.727. The Morgan fingerprint density at radius 3 is 2.36 bits per heavy atom. The highest BCUT2D eigenvalue weighted by Crippen LogP contribution is 2.22. The normalized spacial score (nSPS) is 23.0. The van der Waals surface area contributed by atoms with E-state index >= 15 is 0 Å². The van der Waals surface area contributed by atoms with Gasteiger partial charge in [0.25, 0.3) is 0 Å². The van der Waals surface area contributed by atoms with Crippen LogP contribution in [-0.2, 0) is 0 Å². The maximum absolute atomic E-state index is 2.58. The molecule has 0 fully saturated rings. The standard InChI is InChI=1S/C13H23N/c1-4-13(14(5-2)6-3)12-10-8-7-9-11-12/h7-10,12-13H,4-6,11H2,1-3H3. The van der Waals surface area contributed by atoms with Crippen molar-refractivity contribution in [3.05, 3.63) is 24.3 Å². The molecule has 1 aliphatic carbocycles. The fourth-order valence-corrected chi connectivity index (χ4v) is 2.41. The molecule has 0 saturated heterocycles. The summed E-state index contributed by atoms with van der Waals surface area (Å²) < 4.78 is 0. The van der Waals surface area contributed by atoms with E-state index in [0.717, 1.165) is 12.0 Å². The van der Waals surface area contributed by atoms with Crippen LogP contribution in [0.15, 0.2) is 24.3 Å². The largest absolute Gasteiger partial charge is 0.300 e. The van der Waals surface area contributed by atoms with E-state index in [-0.39, 0.29) is 0 Å². The summed E-state index contributed by atoms with van der Waals surface area (Å²) in [5.74, 6) is 0.727. The maximum atomic E-state index is 2.58. The van der Waals surface area contributed by atoms with E-state index in [4.69, 9.17) is 0 Å². The highest BCUT2D eigenvalue weighted by atomic mass is 15.1. The summed E-state index contributed by atoms with van der Waals surface area (Å²) in [6, 6.07) is 0.728. The van der Waals surface area contributed by atoms with Crippen molar-refractivity contribution in [3.63, 3.8) is 0 Å². The van der Waals surface area contributed by atoms with Crippen LogP contribution in [0.4, 0.5) is 0 Å². The monoisotopic (exact) mass is 193 g/mol. The first kappa shape index (κ1) is 11.5. The molecular weight excluding hydrogens is 170 g/mol. The van der Waals surface area contributed by atoms with Crippen molar-refractivity contribution < 1.29 is 0 Å². The SMILES string of the molecule is CCC(C1C=CC=CC1)N(CC)CC. The lowest BCUT2D eigenvalue weighted by molar-refractivity contribution is 0.170. The Morgan fingerprint density at radius 2 is 1.93 bits per heavy atom. The minimum Gasteiger partial charge on any atom is -0.300 e. The lowest BCUT2D eigenvalue weighted by atomic mass is 9.90. The Labute approximate surface area is 88.5 Å². The minimum atomic E-state index is 0.727. The summed E-state index contributed by atoms with van der Waals surface area (Å²) >= 11 is 0. The molecule has 1 nitrogen and oxygen atoms in total. The van der Waals surface area contributed by atoms with Crippen LogP contribution in [0.1, 0.15) is 33.6 Å². The van der Waals surface area contributed by atoms with Gasteiger partial charge < -0.3 is 4.90 Å². The van der Waals surface area contributed by atoms with Crippen LogP contribution in [0.2, 0.25) is 0 Å². The number of hydrogen-bond acceptors (Lipinski definition) is 1. The average molecular weight is 193 g/mol. The van der Waals surface area contributed by atoms with Crippen LogP contribution in [0.5, 0.6) is 0 Å². The Hall–Kier alpha value is -0.560. The van der Waals surface area contributed by atoms with Crippen LogP contribution < -0.4 is 0 Å². The molecule has 0 N–H and O–H groups in total. The zero-order valence-electron chi connectivity index (χ0n) is 9.74. The Kier molecular flexibility index (Phi) is 4.95. The van der Waals surface area contributed by atoms with Crippen molar-refractivity contribution in [1.82, 2.24) is 4.90 Å². The van der Waals surface area contributed by atoms with Gasteiger partial charge in [-0.15, -0.1) is 0 Å². The summed E-state index contributed by atoms with van der Waals surface area (Å²) in [6.45, 7) is 9.16. The molecule has 0 radical (unpaired) electrons. The van der Waals surface area contributed by atoms with E-state index in [1.54, 1.807) is 0 Å². The lowest BCUT2D eigenvalue weighted by Crippen LogP contribution is -2.39. The van der Waals surface area contributed by atoms with Crippen LogP contribution in [-0.4, -0.2) is 24.0 Å². The molecule has 0 aromatic carbocycles. The summed E-state index contributed by atoms with van der Waals surface area (Å²) in [5.41, 5.74) is 0. The molecule has 0 amide bonds. The van der Waals surface area contributed by atoms with E-state index in [1.807, 2.05) is 0 Å². The van der Waals surface area contributed by atoms with Gasteiger partial charge in [0.1, 0.15) is 0 Å². The molecule has 0 bridgehead atoms. The van der Waals surface area contributed by atoms with Gasteiger partial charge in [0.15, 0.2) is 0 Å². The third-order valence-corrected chi connectivity index (χ3v) is 3.21. The Balaban J connectivity index is 2.60. The van der Waals surface area contributed by atoms with Crippen LogP contribution in [0.25, 0.3) is 0 Å². The summed E-state index contributed by atoms with van der Waals surface area (Å²) in [5, 5.41) is 0. The second kappa shape index (κ2) is 6.02. The first-order chi connectivity index (χ1) is 6.83. The molecular formula is C13H23N. The number of rotatable bonds is 5. The molecule has 0 aliphatic heterocycles. The van der Waals surface area contributed by atoms with Crippen molar-refractivity contribution in [1.29, 1.82) is 0 Å². The van der Waals surface area contributed by atoms with Gasteiger partial charge in [0, 0.05) is 6.04 Å². The van der Waals surface area contributed by atoms with Crippen LogP contribution >= 0.6 is 0 Å². The third kappa shape index (κ3) is 2.71. The van der Waals surface area contributed by atoms with Crippen molar-refractivity contribution in [2.45, 2.75) is 39.7 Å². The molecule has 2 atom stereocenters. The van der Waals surface area contributed by atoms with E-state index in [9.17, 15) is 0 Å². The van der Waals surface area contributed by atoms with E-state index in [2.05, 4.69) is 50.0 Å². The van der Waals surface area contributed by atoms with Gasteiger partial charge in [0.2, 0.25) is 0 Å². The van der Waals surface area contributed by atoms with E-state index < -0.39 is 0 Å². The molecule has 0 saturated carbocycles. The Bertz CT molecular complexity index is 201. The van der Waals surface area contributed by atoms with Crippen molar-refractivity contribution in [2.24, 2.45) is 5.92 Å². The first-order valence-electron chi connectivity index (χ1n) is 5.90. The maximum Gasteiger partial charge on any atom is 0.0158 e. The van der Waals surface area contributed by atoms with Crippen LogP contribution in [0, 0.1) is 5.92 Å². The van der Waals surface area contributed by atoms with Crippen LogP contribution in [0.3, 0.4) is 0 Å². The summed E-state index contributed by atoms with van der Waals surface area (Å²) in [4.78, 5) is 2.58. The van der Waals surface area contributed by atoms with Gasteiger partial charge in [-0.25, -0.2) is 0 Å². The van der Waals surface area contributed by atoms with Crippen molar-refractivity contribution >= 4 is 0 Å². The number of allylic oxidation sites excluding steroid dienone is 3. The summed E-state index contributed by atoms with van der Waals surface area (Å²) in [6.07, 6.45) is 11.5. The first-order valence-corrected chi connectivity index (χ1v) is 5.90. The highest BCUT2D eigenvalue weighted by Gasteiger charge is 2.21. The second-order valence-electron chi connectivity index (χ2n) is 3.91. The second-order valence-corrected chi connectivity index (χ2v) is 3.91. The fraction of sp³-hybridized carbons (Fsp3) is 0.692. The van der Waals surface area contributed by atoms with Crippen molar-refractivity contribution in [3.8, 4) is 0 Å². The molecule has 80 valence electrons. The fourth-order valence-electron chi connectivity index (χ4n) is 2.41. The summed E-state index contributed by atoms with van der Waals surface area (Å²) in [7, 11) is 0. The van der Waals surface area contributed by atoms with Crippen molar-refractivity contribution in [2.75, 3.05) is 13.1 Å². The van der Waals surface area contributed by atoms with Gasteiger partial charge >= 0.3 is 0 Å². The zero-order chi connectivity index (χ0) is 10.4. The topological polar surface area (TPSA) is 3.24 Å². The highest BCUT2D eigenvalue weighted by molar-refractivity contribution is 5.12. The molecule has 1 rings (SSSR count). The van der Waals surface area contributed by atoms with E-state index in [1.165, 1.54) is 25.9 Å². The smallest absolute Gasteiger partial charge is 0.0158 e. The number of nitrogens with zero attached hydrogens (tertiary/aromatic N) is 1. The quantitative estimate of drug-likeness (QED) is 0.648.